The molecule has 0 unspecified atom stereocenters. The lowest BCUT2D eigenvalue weighted by molar-refractivity contribution is 0.992. The fourth-order valence-corrected chi connectivity index (χ4v) is 2.03. The van der Waals surface area contributed by atoms with Gasteiger partial charge in [0.05, 0.1) is 5.56 Å². The van der Waals surface area contributed by atoms with Gasteiger partial charge in [0.25, 0.3) is 5.56 Å². The van der Waals surface area contributed by atoms with Crippen LogP contribution in [0.3, 0.4) is 0 Å². The fourth-order valence-electron chi connectivity index (χ4n) is 1.18. The highest BCUT2D eigenvalue weighted by atomic mass is 35.5. The average molecular weight is 227 g/mol. The normalized spacial score (nSPS) is 10.4. The first-order valence-electron chi connectivity index (χ1n) is 3.97. The zero-order valence-corrected chi connectivity index (χ0v) is 8.95. The van der Waals surface area contributed by atoms with E-state index in [-0.39, 0.29) is 5.56 Å². The zero-order chi connectivity index (χ0) is 10.1. The van der Waals surface area contributed by atoms with Crippen molar-refractivity contribution in [3.05, 3.63) is 37.9 Å². The maximum absolute atomic E-state index is 11.4. The quantitative estimate of drug-likeness (QED) is 0.812. The van der Waals surface area contributed by atoms with Gasteiger partial charge in [0, 0.05) is 4.88 Å². The molecule has 0 aromatic carbocycles. The molecule has 2 rings (SSSR count). The maximum Gasteiger partial charge on any atom is 0.272 e. The van der Waals surface area contributed by atoms with Crippen molar-refractivity contribution in [2.75, 3.05) is 0 Å². The summed E-state index contributed by atoms with van der Waals surface area (Å²) in [5.74, 6) is 0. The Morgan fingerprint density at radius 1 is 1.50 bits per heavy atom. The number of aromatic nitrogens is 2. The van der Waals surface area contributed by atoms with Gasteiger partial charge in [0.2, 0.25) is 0 Å². The van der Waals surface area contributed by atoms with Gasteiger partial charge < -0.3 is 0 Å². The number of nitrogens with zero attached hydrogens (tertiary/aromatic N) is 1. The summed E-state index contributed by atoms with van der Waals surface area (Å²) in [5.41, 5.74) is 1.24. The van der Waals surface area contributed by atoms with Gasteiger partial charge in [-0.25, -0.2) is 5.10 Å². The molecule has 0 aliphatic carbocycles. The lowest BCUT2D eigenvalue weighted by atomic mass is 10.1. The Balaban J connectivity index is 2.61. The minimum Gasteiger partial charge on any atom is -0.267 e. The standard InChI is InChI=1S/C9H7ClN2OS/c1-5-2-6(4-14-5)7-3-8(10)11-12-9(7)13/h2-4H,1H3,(H,12,13). The summed E-state index contributed by atoms with van der Waals surface area (Å²) in [6, 6.07) is 3.52. The molecule has 0 atom stereocenters. The van der Waals surface area contributed by atoms with Gasteiger partial charge in [0.15, 0.2) is 0 Å². The molecule has 2 aromatic heterocycles. The van der Waals surface area contributed by atoms with Gasteiger partial charge in [-0.1, -0.05) is 11.6 Å². The first kappa shape index (κ1) is 9.43. The van der Waals surface area contributed by atoms with Gasteiger partial charge in [-0.15, -0.1) is 11.3 Å². The lowest BCUT2D eigenvalue weighted by Gasteiger charge is -1.95. The third-order valence-corrected chi connectivity index (χ3v) is 2.87. The average Bonchev–Trinajstić information content (AvgIpc) is 2.56. The second-order valence-corrected chi connectivity index (χ2v) is 4.38. The van der Waals surface area contributed by atoms with E-state index in [2.05, 4.69) is 10.2 Å². The third-order valence-electron chi connectivity index (χ3n) is 1.81. The smallest absolute Gasteiger partial charge is 0.267 e. The molecule has 0 amide bonds. The Labute approximate surface area is 89.4 Å². The molecule has 14 heavy (non-hydrogen) atoms. The summed E-state index contributed by atoms with van der Waals surface area (Å²) in [7, 11) is 0. The Hall–Kier alpha value is -1.13. The van der Waals surface area contributed by atoms with Crippen LogP contribution in [-0.2, 0) is 0 Å². The fraction of sp³-hybridized carbons (Fsp3) is 0.111. The van der Waals surface area contributed by atoms with Crippen molar-refractivity contribution in [3.63, 3.8) is 0 Å². The monoisotopic (exact) mass is 226 g/mol. The molecule has 0 fully saturated rings. The molecular weight excluding hydrogens is 220 g/mol. The van der Waals surface area contributed by atoms with Crippen LogP contribution in [0.25, 0.3) is 11.1 Å². The summed E-state index contributed by atoms with van der Waals surface area (Å²) >= 11 is 7.29. The van der Waals surface area contributed by atoms with Crippen molar-refractivity contribution < 1.29 is 0 Å². The minimum atomic E-state index is -0.216. The van der Waals surface area contributed by atoms with Crippen molar-refractivity contribution in [3.8, 4) is 11.1 Å². The van der Waals surface area contributed by atoms with E-state index in [0.717, 1.165) is 10.4 Å². The van der Waals surface area contributed by atoms with Crippen LogP contribution >= 0.6 is 22.9 Å². The summed E-state index contributed by atoms with van der Waals surface area (Å²) in [5, 5.41) is 8.17. The molecule has 3 nitrogen and oxygen atoms in total. The van der Waals surface area contributed by atoms with Gasteiger partial charge in [0.1, 0.15) is 5.15 Å². The molecule has 72 valence electrons. The topological polar surface area (TPSA) is 45.8 Å². The number of nitrogens with one attached hydrogen (secondary N) is 1. The van der Waals surface area contributed by atoms with Crippen molar-refractivity contribution in [1.29, 1.82) is 0 Å². The second-order valence-electron chi connectivity index (χ2n) is 2.88. The van der Waals surface area contributed by atoms with Gasteiger partial charge >= 0.3 is 0 Å². The molecule has 0 radical (unpaired) electrons. The number of halogens is 1. The molecule has 2 heterocycles. The van der Waals surface area contributed by atoms with Crippen molar-refractivity contribution in [2.45, 2.75) is 6.92 Å². The van der Waals surface area contributed by atoms with Gasteiger partial charge in [-0.05, 0) is 30.0 Å². The van der Waals surface area contributed by atoms with Crippen LogP contribution in [0.1, 0.15) is 4.88 Å². The molecule has 0 bridgehead atoms. The van der Waals surface area contributed by atoms with Crippen molar-refractivity contribution in [1.82, 2.24) is 10.2 Å². The Kier molecular flexibility index (Phi) is 2.39. The Morgan fingerprint density at radius 3 is 2.93 bits per heavy atom. The highest BCUT2D eigenvalue weighted by Gasteiger charge is 2.06. The van der Waals surface area contributed by atoms with Crippen LogP contribution < -0.4 is 5.56 Å². The Bertz CT molecular complexity index is 518. The van der Waals surface area contributed by atoms with E-state index in [4.69, 9.17) is 11.6 Å². The third kappa shape index (κ3) is 1.71. The van der Waals surface area contributed by atoms with Crippen LogP contribution in [0.4, 0.5) is 0 Å². The first-order valence-corrected chi connectivity index (χ1v) is 5.23. The largest absolute Gasteiger partial charge is 0.272 e. The molecule has 0 saturated heterocycles. The van der Waals surface area contributed by atoms with Crippen molar-refractivity contribution >= 4 is 22.9 Å². The molecule has 5 heteroatoms. The van der Waals surface area contributed by atoms with Crippen molar-refractivity contribution in [2.24, 2.45) is 0 Å². The number of hydrogen-bond donors (Lipinski definition) is 1. The van der Waals surface area contributed by atoms with Crippen LogP contribution in [0.5, 0.6) is 0 Å². The number of rotatable bonds is 1. The molecule has 0 saturated carbocycles. The number of H-pyrrole nitrogens is 1. The van der Waals surface area contributed by atoms with E-state index in [1.54, 1.807) is 17.4 Å². The summed E-state index contributed by atoms with van der Waals surface area (Å²) < 4.78 is 0. The molecule has 0 spiro atoms. The number of aromatic amines is 1. The van der Waals surface area contributed by atoms with Crippen LogP contribution in [0.2, 0.25) is 5.15 Å². The highest BCUT2D eigenvalue weighted by Crippen LogP contribution is 2.23. The predicted molar refractivity (Wildman–Crippen MR) is 57.9 cm³/mol. The summed E-state index contributed by atoms with van der Waals surface area (Å²) in [6.45, 7) is 1.99. The zero-order valence-electron chi connectivity index (χ0n) is 7.37. The first-order chi connectivity index (χ1) is 6.66. The molecule has 2 aromatic rings. The van der Waals surface area contributed by atoms with Crippen LogP contribution in [-0.4, -0.2) is 10.2 Å². The van der Waals surface area contributed by atoms with Crippen LogP contribution in [0, 0.1) is 6.92 Å². The summed E-state index contributed by atoms with van der Waals surface area (Å²) in [4.78, 5) is 12.6. The molecule has 0 aliphatic heterocycles. The maximum atomic E-state index is 11.4. The Morgan fingerprint density at radius 2 is 2.29 bits per heavy atom. The van der Waals surface area contributed by atoms with E-state index in [1.807, 2.05) is 18.4 Å². The van der Waals surface area contributed by atoms with E-state index >= 15 is 0 Å². The summed E-state index contributed by atoms with van der Waals surface area (Å²) in [6.07, 6.45) is 0. The predicted octanol–water partition coefficient (Wildman–Crippen LogP) is 2.46. The SMILES string of the molecule is Cc1cc(-c2cc(Cl)n[nH]c2=O)cs1. The van der Waals surface area contributed by atoms with E-state index < -0.39 is 0 Å². The van der Waals surface area contributed by atoms with Gasteiger partial charge in [-0.2, -0.15) is 5.10 Å². The van der Waals surface area contributed by atoms with E-state index in [0.29, 0.717) is 10.7 Å². The molecular formula is C9H7ClN2OS. The molecule has 0 aliphatic rings. The highest BCUT2D eigenvalue weighted by molar-refractivity contribution is 7.10. The number of aryl methyl sites for hydroxylation is 1. The number of thiophene rings is 1. The van der Waals surface area contributed by atoms with Crippen LogP contribution in [0.15, 0.2) is 22.3 Å². The number of hydrogen-bond acceptors (Lipinski definition) is 3. The lowest BCUT2D eigenvalue weighted by Crippen LogP contribution is -2.09. The van der Waals surface area contributed by atoms with E-state index in [9.17, 15) is 4.79 Å². The second kappa shape index (κ2) is 3.55. The molecule has 1 N–H and O–H groups in total. The van der Waals surface area contributed by atoms with E-state index in [1.165, 1.54) is 0 Å². The van der Waals surface area contributed by atoms with Gasteiger partial charge in [-0.3, -0.25) is 4.79 Å². The minimum absolute atomic E-state index is 0.216.